The summed E-state index contributed by atoms with van der Waals surface area (Å²) in [5, 5.41) is 0. The second-order valence-corrected chi connectivity index (χ2v) is 3.29. The molecule has 0 N–H and O–H groups in total. The Balaban J connectivity index is 2.68. The van der Waals surface area contributed by atoms with Crippen LogP contribution in [0.15, 0.2) is 24.4 Å². The lowest BCUT2D eigenvalue weighted by atomic mass is 10.2. The van der Waals surface area contributed by atoms with Crippen molar-refractivity contribution >= 4 is 17.7 Å². The number of ether oxygens (including phenoxy) is 1. The Labute approximate surface area is 88.0 Å². The number of terminal acetylenes is 1. The number of allylic oxidation sites excluding steroid dienone is 2. The number of hydrogen-bond donors (Lipinski definition) is 0. The van der Waals surface area contributed by atoms with Crippen LogP contribution in [0, 0.1) is 12.3 Å². The van der Waals surface area contributed by atoms with E-state index in [9.17, 15) is 4.79 Å². The van der Waals surface area contributed by atoms with E-state index in [0.717, 1.165) is 0 Å². The van der Waals surface area contributed by atoms with Crippen LogP contribution in [-0.2, 0) is 4.74 Å². The van der Waals surface area contributed by atoms with Crippen LogP contribution in [0.1, 0.15) is 6.92 Å². The van der Waals surface area contributed by atoms with Crippen LogP contribution in [0.5, 0.6) is 0 Å². The largest absolute Gasteiger partial charge is 0.430 e. The molecule has 1 rings (SSSR count). The Morgan fingerprint density at radius 2 is 2.43 bits per heavy atom. The lowest BCUT2D eigenvalue weighted by Gasteiger charge is -2.24. The molecule has 74 valence electrons. The Morgan fingerprint density at radius 3 is 3.00 bits per heavy atom. The Morgan fingerprint density at radius 1 is 1.71 bits per heavy atom. The van der Waals surface area contributed by atoms with Crippen LogP contribution >= 0.6 is 11.6 Å². The minimum atomic E-state index is -0.666. The molecule has 14 heavy (non-hydrogen) atoms. The molecule has 1 heterocycles. The van der Waals surface area contributed by atoms with Crippen molar-refractivity contribution in [3.8, 4) is 12.3 Å². The second-order valence-electron chi connectivity index (χ2n) is 2.67. The average Bonchev–Trinajstić information content (AvgIpc) is 2.16. The molecule has 0 saturated heterocycles. The van der Waals surface area contributed by atoms with E-state index in [4.69, 9.17) is 22.8 Å². The number of hydrogen-bond acceptors (Lipinski definition) is 2. The van der Waals surface area contributed by atoms with Crippen molar-refractivity contribution in [1.29, 1.82) is 0 Å². The molecule has 0 aromatic carbocycles. The van der Waals surface area contributed by atoms with Gasteiger partial charge in [0.25, 0.3) is 0 Å². The van der Waals surface area contributed by atoms with Gasteiger partial charge in [0.1, 0.15) is 6.04 Å². The third kappa shape index (κ3) is 2.54. The van der Waals surface area contributed by atoms with Crippen LogP contribution in [0.3, 0.4) is 0 Å². The zero-order chi connectivity index (χ0) is 10.6. The molecule has 0 aromatic rings. The first-order valence-electron chi connectivity index (χ1n) is 4.09. The molecule has 1 amide bonds. The van der Waals surface area contributed by atoms with Crippen molar-refractivity contribution in [3.05, 3.63) is 24.4 Å². The van der Waals surface area contributed by atoms with Crippen LogP contribution in [0.2, 0.25) is 0 Å². The maximum atomic E-state index is 11.4. The molecule has 4 heteroatoms. The summed E-state index contributed by atoms with van der Waals surface area (Å²) in [5.74, 6) is 2.45. The zero-order valence-electron chi connectivity index (χ0n) is 7.68. The van der Waals surface area contributed by atoms with E-state index in [1.54, 1.807) is 31.4 Å². The van der Waals surface area contributed by atoms with Crippen LogP contribution in [0.4, 0.5) is 4.79 Å². The summed E-state index contributed by atoms with van der Waals surface area (Å²) in [5.41, 5.74) is -0.666. The van der Waals surface area contributed by atoms with Crippen molar-refractivity contribution in [2.24, 2.45) is 0 Å². The highest BCUT2D eigenvalue weighted by molar-refractivity contribution is 6.19. The van der Waals surface area contributed by atoms with Crippen molar-refractivity contribution in [2.75, 3.05) is 0 Å². The molecule has 2 atom stereocenters. The third-order valence-electron chi connectivity index (χ3n) is 1.60. The number of nitrogens with zero attached hydrogens (tertiary/aromatic N) is 1. The predicted octanol–water partition coefficient (Wildman–Crippen LogP) is 2.10. The molecule has 0 aliphatic carbocycles. The Kier molecular flexibility index (Phi) is 3.61. The van der Waals surface area contributed by atoms with Gasteiger partial charge in [0, 0.05) is 6.20 Å². The fourth-order valence-electron chi connectivity index (χ4n) is 1.01. The Hall–Kier alpha value is -1.40. The molecule has 0 bridgehead atoms. The molecule has 2 unspecified atom stereocenters. The highest BCUT2D eigenvalue weighted by Gasteiger charge is 2.21. The van der Waals surface area contributed by atoms with E-state index in [0.29, 0.717) is 0 Å². The van der Waals surface area contributed by atoms with Gasteiger partial charge in [0.05, 0.1) is 0 Å². The van der Waals surface area contributed by atoms with Crippen molar-refractivity contribution in [3.63, 3.8) is 0 Å². The molecule has 1 aliphatic heterocycles. The average molecular weight is 212 g/mol. The molecule has 1 aliphatic rings. The number of halogens is 1. The SMILES string of the molecule is C#CC1C=CC=CN1C(=O)OC(C)Cl. The molecule has 0 saturated carbocycles. The first-order chi connectivity index (χ1) is 6.65. The standard InChI is InChI=1S/C10H10ClNO2/c1-3-9-6-4-5-7-12(9)10(13)14-8(2)11/h1,4-9H,2H3. The quantitative estimate of drug-likeness (QED) is 0.491. The lowest BCUT2D eigenvalue weighted by molar-refractivity contribution is 0.108. The van der Waals surface area contributed by atoms with Crippen molar-refractivity contribution < 1.29 is 9.53 Å². The molecular weight excluding hydrogens is 202 g/mol. The minimum absolute atomic E-state index is 0.400. The molecule has 3 nitrogen and oxygen atoms in total. The van der Waals surface area contributed by atoms with Crippen LogP contribution in [-0.4, -0.2) is 22.6 Å². The summed E-state index contributed by atoms with van der Waals surface area (Å²) in [7, 11) is 0. The normalized spacial score (nSPS) is 21.5. The first kappa shape index (κ1) is 10.7. The monoisotopic (exact) mass is 211 g/mol. The van der Waals surface area contributed by atoms with Crippen LogP contribution in [0.25, 0.3) is 0 Å². The maximum Gasteiger partial charge on any atom is 0.416 e. The van der Waals surface area contributed by atoms with Gasteiger partial charge in [-0.05, 0) is 19.1 Å². The fraction of sp³-hybridized carbons (Fsp3) is 0.300. The van der Waals surface area contributed by atoms with E-state index in [2.05, 4.69) is 5.92 Å². The maximum absolute atomic E-state index is 11.4. The Bertz CT molecular complexity index is 315. The molecule has 0 fully saturated rings. The summed E-state index contributed by atoms with van der Waals surface area (Å²) < 4.78 is 4.79. The van der Waals surface area contributed by atoms with Gasteiger partial charge in [-0.2, -0.15) is 0 Å². The number of alkyl halides is 1. The number of rotatable bonds is 1. The highest BCUT2D eigenvalue weighted by atomic mass is 35.5. The summed E-state index contributed by atoms with van der Waals surface area (Å²) >= 11 is 5.52. The third-order valence-corrected chi connectivity index (χ3v) is 1.68. The number of amides is 1. The van der Waals surface area contributed by atoms with E-state index >= 15 is 0 Å². The topological polar surface area (TPSA) is 29.5 Å². The van der Waals surface area contributed by atoms with Gasteiger partial charge in [-0.25, -0.2) is 4.79 Å². The smallest absolute Gasteiger partial charge is 0.416 e. The summed E-state index contributed by atoms with van der Waals surface area (Å²) in [6.45, 7) is 1.56. The van der Waals surface area contributed by atoms with Gasteiger partial charge in [0.15, 0.2) is 5.56 Å². The first-order valence-corrected chi connectivity index (χ1v) is 4.53. The molecule has 0 aromatic heterocycles. The lowest BCUT2D eigenvalue weighted by Crippen LogP contribution is -2.36. The summed E-state index contributed by atoms with van der Waals surface area (Å²) in [6, 6.07) is -0.400. The van der Waals surface area contributed by atoms with Crippen molar-refractivity contribution in [1.82, 2.24) is 4.90 Å². The number of carbonyl (C=O) groups is 1. The second kappa shape index (κ2) is 4.73. The van der Waals surface area contributed by atoms with Gasteiger partial charge in [-0.3, -0.25) is 4.90 Å². The van der Waals surface area contributed by atoms with Gasteiger partial charge in [0.2, 0.25) is 0 Å². The van der Waals surface area contributed by atoms with Gasteiger partial charge in [-0.1, -0.05) is 23.6 Å². The van der Waals surface area contributed by atoms with Gasteiger partial charge in [-0.15, -0.1) is 6.42 Å². The number of carbonyl (C=O) groups excluding carboxylic acids is 1. The van der Waals surface area contributed by atoms with Gasteiger partial charge < -0.3 is 4.74 Å². The molecule has 0 radical (unpaired) electrons. The van der Waals surface area contributed by atoms with Crippen LogP contribution < -0.4 is 0 Å². The van der Waals surface area contributed by atoms with Gasteiger partial charge >= 0.3 is 6.09 Å². The molecular formula is C10H10ClNO2. The van der Waals surface area contributed by atoms with E-state index in [1.165, 1.54) is 4.90 Å². The zero-order valence-corrected chi connectivity index (χ0v) is 8.44. The summed E-state index contributed by atoms with van der Waals surface area (Å²) in [6.07, 6.45) is 11.5. The molecule has 0 spiro atoms. The van der Waals surface area contributed by atoms with E-state index in [1.807, 2.05) is 0 Å². The van der Waals surface area contributed by atoms with E-state index < -0.39 is 17.7 Å². The van der Waals surface area contributed by atoms with E-state index in [-0.39, 0.29) is 0 Å². The highest BCUT2D eigenvalue weighted by Crippen LogP contribution is 2.11. The minimum Gasteiger partial charge on any atom is -0.430 e. The summed E-state index contributed by atoms with van der Waals surface area (Å²) in [4.78, 5) is 12.7. The fourth-order valence-corrected chi connectivity index (χ4v) is 1.08. The van der Waals surface area contributed by atoms with Crippen molar-refractivity contribution in [2.45, 2.75) is 18.5 Å². The predicted molar refractivity (Wildman–Crippen MR) is 54.5 cm³/mol.